The molecule has 0 radical (unpaired) electrons. The van der Waals surface area contributed by atoms with Crippen molar-refractivity contribution >= 4 is 11.6 Å². The van der Waals surface area contributed by atoms with Gasteiger partial charge in [-0.05, 0) is 24.3 Å². The Labute approximate surface area is 93.4 Å². The van der Waals surface area contributed by atoms with Crippen molar-refractivity contribution in [2.45, 2.75) is 0 Å². The Morgan fingerprint density at radius 2 is 2.00 bits per heavy atom. The summed E-state index contributed by atoms with van der Waals surface area (Å²) in [6, 6.07) is 6.99. The van der Waals surface area contributed by atoms with E-state index >= 15 is 0 Å². The molecular formula is C12H11N3O. The molecule has 0 saturated carbocycles. The van der Waals surface area contributed by atoms with Crippen LogP contribution in [0.4, 0.5) is 5.82 Å². The van der Waals surface area contributed by atoms with Gasteiger partial charge in [-0.2, -0.15) is 0 Å². The molecule has 0 atom stereocenters. The summed E-state index contributed by atoms with van der Waals surface area (Å²) in [5, 5.41) is 2.90. The Hall–Kier alpha value is -2.23. The Bertz CT molecular complexity index is 479. The minimum Gasteiger partial charge on any atom is -0.373 e. The highest BCUT2D eigenvalue weighted by Gasteiger charge is 2.08. The molecule has 2 rings (SSSR count). The smallest absolute Gasteiger partial charge is 0.196 e. The van der Waals surface area contributed by atoms with Gasteiger partial charge in [-0.25, -0.2) is 4.98 Å². The van der Waals surface area contributed by atoms with Crippen molar-refractivity contribution in [2.75, 3.05) is 12.4 Å². The summed E-state index contributed by atoms with van der Waals surface area (Å²) in [4.78, 5) is 19.9. The van der Waals surface area contributed by atoms with E-state index in [1.54, 1.807) is 49.9 Å². The molecule has 0 unspecified atom stereocenters. The van der Waals surface area contributed by atoms with Crippen molar-refractivity contribution in [1.29, 1.82) is 0 Å². The van der Waals surface area contributed by atoms with Gasteiger partial charge in [-0.1, -0.05) is 0 Å². The molecule has 0 bridgehead atoms. The fraction of sp³-hybridized carbons (Fsp3) is 0.0833. The maximum Gasteiger partial charge on any atom is 0.196 e. The lowest BCUT2D eigenvalue weighted by Gasteiger charge is -2.01. The second kappa shape index (κ2) is 4.53. The maximum absolute atomic E-state index is 11.9. The number of anilines is 1. The molecule has 0 amide bonds. The van der Waals surface area contributed by atoms with Crippen molar-refractivity contribution in [1.82, 2.24) is 9.97 Å². The summed E-state index contributed by atoms with van der Waals surface area (Å²) in [5.41, 5.74) is 1.13. The zero-order chi connectivity index (χ0) is 11.4. The average molecular weight is 213 g/mol. The number of pyridine rings is 2. The van der Waals surface area contributed by atoms with Gasteiger partial charge in [0.15, 0.2) is 5.78 Å². The van der Waals surface area contributed by atoms with Crippen LogP contribution in [-0.4, -0.2) is 22.8 Å². The Kier molecular flexibility index (Phi) is 2.91. The van der Waals surface area contributed by atoms with E-state index < -0.39 is 0 Å². The van der Waals surface area contributed by atoms with Crippen LogP contribution in [0.25, 0.3) is 0 Å². The van der Waals surface area contributed by atoms with E-state index in [0.717, 1.165) is 5.82 Å². The molecule has 0 saturated heterocycles. The Morgan fingerprint density at radius 1 is 1.19 bits per heavy atom. The molecule has 80 valence electrons. The lowest BCUT2D eigenvalue weighted by Crippen LogP contribution is -2.03. The maximum atomic E-state index is 11.9. The molecule has 4 heteroatoms. The van der Waals surface area contributed by atoms with E-state index in [2.05, 4.69) is 15.3 Å². The predicted molar refractivity (Wildman–Crippen MR) is 61.5 cm³/mol. The quantitative estimate of drug-likeness (QED) is 0.789. The number of carbonyl (C=O) groups is 1. The van der Waals surface area contributed by atoms with Gasteiger partial charge in [0.25, 0.3) is 0 Å². The summed E-state index contributed by atoms with van der Waals surface area (Å²) in [7, 11) is 1.78. The van der Waals surface area contributed by atoms with Crippen LogP contribution in [-0.2, 0) is 0 Å². The van der Waals surface area contributed by atoms with Crippen LogP contribution in [0.1, 0.15) is 15.9 Å². The van der Waals surface area contributed by atoms with E-state index in [4.69, 9.17) is 0 Å². The standard InChI is InChI=1S/C12H11N3O/c1-13-11-5-4-10(8-15-11)12(16)9-3-2-6-14-7-9/h2-8H,1H3,(H,13,15). The molecule has 2 heterocycles. The number of aromatic nitrogens is 2. The highest BCUT2D eigenvalue weighted by Crippen LogP contribution is 2.09. The van der Waals surface area contributed by atoms with Gasteiger partial charge in [0.2, 0.25) is 0 Å². The van der Waals surface area contributed by atoms with Crippen LogP contribution in [0.3, 0.4) is 0 Å². The number of ketones is 1. The minimum absolute atomic E-state index is 0.0664. The first kappa shape index (κ1) is 10.3. The highest BCUT2D eigenvalue weighted by molar-refractivity contribution is 6.08. The third-order valence-electron chi connectivity index (χ3n) is 2.21. The van der Waals surface area contributed by atoms with Crippen molar-refractivity contribution in [3.63, 3.8) is 0 Å². The molecule has 0 aliphatic carbocycles. The van der Waals surface area contributed by atoms with E-state index in [0.29, 0.717) is 11.1 Å². The number of nitrogens with one attached hydrogen (secondary N) is 1. The third kappa shape index (κ3) is 2.06. The monoisotopic (exact) mass is 213 g/mol. The molecule has 0 aliphatic heterocycles. The second-order valence-electron chi connectivity index (χ2n) is 3.25. The fourth-order valence-corrected chi connectivity index (χ4v) is 1.34. The highest BCUT2D eigenvalue weighted by atomic mass is 16.1. The normalized spacial score (nSPS) is 9.81. The Balaban J connectivity index is 2.28. The topological polar surface area (TPSA) is 54.9 Å². The van der Waals surface area contributed by atoms with E-state index in [1.165, 1.54) is 0 Å². The van der Waals surface area contributed by atoms with Crippen LogP contribution >= 0.6 is 0 Å². The van der Waals surface area contributed by atoms with Crippen molar-refractivity contribution < 1.29 is 4.79 Å². The van der Waals surface area contributed by atoms with Gasteiger partial charge in [0.05, 0.1) is 0 Å². The number of hydrogen-bond donors (Lipinski definition) is 1. The first-order chi connectivity index (χ1) is 7.81. The van der Waals surface area contributed by atoms with E-state index in [9.17, 15) is 4.79 Å². The second-order valence-corrected chi connectivity index (χ2v) is 3.25. The van der Waals surface area contributed by atoms with Crippen LogP contribution in [0.2, 0.25) is 0 Å². The molecule has 0 spiro atoms. The van der Waals surface area contributed by atoms with E-state index in [1.807, 2.05) is 0 Å². The summed E-state index contributed by atoms with van der Waals surface area (Å²) in [6.07, 6.45) is 4.74. The number of carbonyl (C=O) groups excluding carboxylic acids is 1. The minimum atomic E-state index is -0.0664. The summed E-state index contributed by atoms with van der Waals surface area (Å²) < 4.78 is 0. The zero-order valence-electron chi connectivity index (χ0n) is 8.84. The third-order valence-corrected chi connectivity index (χ3v) is 2.21. The molecule has 0 fully saturated rings. The van der Waals surface area contributed by atoms with Gasteiger partial charge >= 0.3 is 0 Å². The van der Waals surface area contributed by atoms with Crippen LogP contribution in [0.5, 0.6) is 0 Å². The molecule has 2 aromatic rings. The molecule has 0 aliphatic rings. The number of nitrogens with zero attached hydrogens (tertiary/aromatic N) is 2. The first-order valence-corrected chi connectivity index (χ1v) is 4.90. The number of rotatable bonds is 3. The lowest BCUT2D eigenvalue weighted by molar-refractivity contribution is 0.103. The number of hydrogen-bond acceptors (Lipinski definition) is 4. The summed E-state index contributed by atoms with van der Waals surface area (Å²) >= 11 is 0. The van der Waals surface area contributed by atoms with Crippen molar-refractivity contribution in [3.8, 4) is 0 Å². The summed E-state index contributed by atoms with van der Waals surface area (Å²) in [6.45, 7) is 0. The SMILES string of the molecule is CNc1ccc(C(=O)c2cccnc2)cn1. The van der Waals surface area contributed by atoms with Gasteiger partial charge in [0.1, 0.15) is 5.82 Å². The Morgan fingerprint density at radius 3 is 2.56 bits per heavy atom. The molecule has 1 N–H and O–H groups in total. The molecule has 4 nitrogen and oxygen atoms in total. The van der Waals surface area contributed by atoms with Crippen molar-refractivity contribution in [2.24, 2.45) is 0 Å². The van der Waals surface area contributed by atoms with Crippen molar-refractivity contribution in [3.05, 3.63) is 54.0 Å². The largest absolute Gasteiger partial charge is 0.373 e. The van der Waals surface area contributed by atoms with Gasteiger partial charge in [-0.3, -0.25) is 9.78 Å². The zero-order valence-corrected chi connectivity index (χ0v) is 8.84. The van der Waals surface area contributed by atoms with Crippen LogP contribution in [0, 0.1) is 0 Å². The van der Waals surface area contributed by atoms with Crippen LogP contribution in [0.15, 0.2) is 42.9 Å². The predicted octanol–water partition coefficient (Wildman–Crippen LogP) is 1.75. The molecule has 16 heavy (non-hydrogen) atoms. The fourth-order valence-electron chi connectivity index (χ4n) is 1.34. The summed E-state index contributed by atoms with van der Waals surface area (Å²) in [5.74, 6) is 0.672. The molecule has 0 aromatic carbocycles. The lowest BCUT2D eigenvalue weighted by atomic mass is 10.1. The van der Waals surface area contributed by atoms with Gasteiger partial charge in [-0.15, -0.1) is 0 Å². The van der Waals surface area contributed by atoms with E-state index in [-0.39, 0.29) is 5.78 Å². The molecule has 2 aromatic heterocycles. The van der Waals surface area contributed by atoms with Gasteiger partial charge in [0, 0.05) is 36.8 Å². The van der Waals surface area contributed by atoms with Crippen LogP contribution < -0.4 is 5.32 Å². The molecular weight excluding hydrogens is 202 g/mol. The first-order valence-electron chi connectivity index (χ1n) is 4.90. The average Bonchev–Trinajstić information content (AvgIpc) is 2.39. The van der Waals surface area contributed by atoms with Gasteiger partial charge < -0.3 is 5.32 Å².